The lowest BCUT2D eigenvalue weighted by Gasteiger charge is -2.35. The average molecular weight is 915 g/mol. The predicted molar refractivity (Wildman–Crippen MR) is 298 cm³/mol. The number of aromatic nitrogens is 1. The number of para-hydroxylation sites is 2. The summed E-state index contributed by atoms with van der Waals surface area (Å²) in [7, 11) is 0. The number of benzene rings is 10. The monoisotopic (exact) mass is 914 g/mol. The molecule has 1 heterocycles. The van der Waals surface area contributed by atoms with Gasteiger partial charge in [-0.1, -0.05) is 185 Å². The van der Waals surface area contributed by atoms with Crippen LogP contribution in [0.4, 0.5) is 17.1 Å². The Morgan fingerprint density at radius 1 is 0.479 bits per heavy atom. The van der Waals surface area contributed by atoms with Crippen LogP contribution in [-0.2, 0) is 10.8 Å². The van der Waals surface area contributed by atoms with Crippen molar-refractivity contribution >= 4 is 44.9 Å². The van der Waals surface area contributed by atoms with Crippen molar-refractivity contribution in [3.63, 3.8) is 0 Å². The molecule has 1 aliphatic carbocycles. The van der Waals surface area contributed by atoms with E-state index in [0.717, 1.165) is 39.8 Å². The highest BCUT2D eigenvalue weighted by molar-refractivity contribution is 6.10. The first-order valence-corrected chi connectivity index (χ1v) is 24.6. The van der Waals surface area contributed by atoms with E-state index in [1.165, 1.54) is 77.4 Å². The Bertz CT molecular complexity index is 3750. The lowest BCUT2D eigenvalue weighted by molar-refractivity contribution is 0.482. The summed E-state index contributed by atoms with van der Waals surface area (Å²) in [5, 5.41) is 2.48. The maximum Gasteiger partial charge on any atom is 0.127 e. The molecule has 1 unspecified atom stereocenters. The number of aryl methyl sites for hydroxylation is 1. The van der Waals surface area contributed by atoms with Gasteiger partial charge in [0, 0.05) is 33.5 Å². The lowest BCUT2D eigenvalue weighted by Crippen LogP contribution is -2.29. The second-order valence-electron chi connectivity index (χ2n) is 19.9. The van der Waals surface area contributed by atoms with Gasteiger partial charge in [0.15, 0.2) is 0 Å². The molecule has 0 fully saturated rings. The standard InChI is InChI=1S/C68H54N2O/c1-6-47-22-38-57(39-23-47)71-58-40-31-52(32-41-58)68(51-29-27-50(28-30-51)67(3,4)5)63-18-12-10-16-59(63)60-42-37-56(45-64(60)68)69(54-33-20-46(2)21-34-54)55-35-24-48(25-36-55)49-26-43-66-62(44-49)61-17-11-13-19-65(61)70(66)53-14-8-7-9-15-53/h6-45H,1H2,2-5H3. The zero-order valence-electron chi connectivity index (χ0n) is 40.6. The van der Waals surface area contributed by atoms with Crippen LogP contribution in [0.3, 0.4) is 0 Å². The highest BCUT2D eigenvalue weighted by Gasteiger charge is 2.46. The average Bonchev–Trinajstić information content (AvgIpc) is 3.90. The highest BCUT2D eigenvalue weighted by Crippen LogP contribution is 2.57. The molecule has 11 aromatic rings. The van der Waals surface area contributed by atoms with Crippen molar-refractivity contribution in [2.75, 3.05) is 4.90 Å². The molecule has 0 N–H and O–H groups in total. The molecular formula is C68H54N2O. The zero-order chi connectivity index (χ0) is 48.3. The number of hydrogen-bond donors (Lipinski definition) is 0. The van der Waals surface area contributed by atoms with E-state index < -0.39 is 5.41 Å². The smallest absolute Gasteiger partial charge is 0.127 e. The van der Waals surface area contributed by atoms with Gasteiger partial charge in [0.05, 0.1) is 16.4 Å². The summed E-state index contributed by atoms with van der Waals surface area (Å²) in [5.74, 6) is 1.57. The molecule has 10 aromatic carbocycles. The molecule has 3 nitrogen and oxygen atoms in total. The van der Waals surface area contributed by atoms with E-state index in [0.29, 0.717) is 0 Å². The van der Waals surface area contributed by atoms with Crippen LogP contribution in [0.25, 0.3) is 55.8 Å². The molecule has 12 rings (SSSR count). The first kappa shape index (κ1) is 43.6. The van der Waals surface area contributed by atoms with Crippen LogP contribution in [0.5, 0.6) is 11.5 Å². The van der Waals surface area contributed by atoms with Gasteiger partial charge in [-0.15, -0.1) is 0 Å². The topological polar surface area (TPSA) is 17.4 Å². The van der Waals surface area contributed by atoms with E-state index in [1.807, 2.05) is 30.3 Å². The van der Waals surface area contributed by atoms with Gasteiger partial charge in [0.1, 0.15) is 11.5 Å². The summed E-state index contributed by atoms with van der Waals surface area (Å²) < 4.78 is 8.80. The summed E-state index contributed by atoms with van der Waals surface area (Å²) in [6.07, 6.45) is 1.85. The Balaban J connectivity index is 0.993. The molecule has 3 heteroatoms. The van der Waals surface area contributed by atoms with Crippen molar-refractivity contribution in [3.05, 3.63) is 282 Å². The van der Waals surface area contributed by atoms with Crippen LogP contribution >= 0.6 is 0 Å². The fourth-order valence-corrected chi connectivity index (χ4v) is 10.9. The SMILES string of the molecule is C=Cc1ccc(Oc2ccc(C3(c4ccc(C(C)(C)C)cc4)c4ccccc4-c4ccc(N(c5ccc(C)cc5)c5ccc(-c6ccc7c(c6)c6ccccc6n7-c6ccccc6)cc5)cc43)cc2)cc1. The van der Waals surface area contributed by atoms with Crippen molar-refractivity contribution in [1.82, 2.24) is 4.57 Å². The number of rotatable bonds is 10. The van der Waals surface area contributed by atoms with Crippen molar-refractivity contribution in [1.29, 1.82) is 0 Å². The quantitative estimate of drug-likeness (QED) is 0.136. The number of fused-ring (bicyclic) bond motifs is 6. The third-order valence-corrected chi connectivity index (χ3v) is 14.5. The molecular weight excluding hydrogens is 861 g/mol. The molecule has 0 spiro atoms. The van der Waals surface area contributed by atoms with Crippen molar-refractivity contribution in [3.8, 4) is 39.4 Å². The third-order valence-electron chi connectivity index (χ3n) is 14.5. The molecule has 1 aliphatic rings. The van der Waals surface area contributed by atoms with Gasteiger partial charge < -0.3 is 14.2 Å². The molecule has 71 heavy (non-hydrogen) atoms. The molecule has 0 radical (unpaired) electrons. The second-order valence-corrected chi connectivity index (χ2v) is 19.9. The van der Waals surface area contributed by atoms with Gasteiger partial charge in [-0.2, -0.15) is 0 Å². The Labute approximate surface area is 417 Å². The Morgan fingerprint density at radius 3 is 1.73 bits per heavy atom. The van der Waals surface area contributed by atoms with Gasteiger partial charge in [-0.25, -0.2) is 0 Å². The predicted octanol–water partition coefficient (Wildman–Crippen LogP) is 18.3. The fraction of sp³-hybridized carbons (Fsp3) is 0.0882. The van der Waals surface area contributed by atoms with Gasteiger partial charge >= 0.3 is 0 Å². The van der Waals surface area contributed by atoms with Crippen molar-refractivity contribution < 1.29 is 4.74 Å². The maximum absolute atomic E-state index is 6.43. The summed E-state index contributed by atoms with van der Waals surface area (Å²) >= 11 is 0. The Morgan fingerprint density at radius 2 is 1.04 bits per heavy atom. The first-order chi connectivity index (χ1) is 34.7. The minimum atomic E-state index is -0.631. The summed E-state index contributed by atoms with van der Waals surface area (Å²) in [5.41, 5.74) is 19.5. The molecule has 0 bridgehead atoms. The van der Waals surface area contributed by atoms with E-state index in [4.69, 9.17) is 4.74 Å². The number of hydrogen-bond acceptors (Lipinski definition) is 2. The van der Waals surface area contributed by atoms with E-state index in [1.54, 1.807) is 0 Å². The van der Waals surface area contributed by atoms with Crippen molar-refractivity contribution in [2.45, 2.75) is 38.5 Å². The third kappa shape index (κ3) is 7.53. The molecule has 0 aliphatic heterocycles. The molecule has 0 amide bonds. The van der Waals surface area contributed by atoms with E-state index in [9.17, 15) is 0 Å². The van der Waals surface area contributed by atoms with Crippen LogP contribution in [0.1, 0.15) is 59.7 Å². The summed E-state index contributed by atoms with van der Waals surface area (Å²) in [6, 6.07) is 86.5. The van der Waals surface area contributed by atoms with Gasteiger partial charge in [-0.05, 0) is 159 Å². The van der Waals surface area contributed by atoms with E-state index in [2.05, 4.69) is 256 Å². The highest BCUT2D eigenvalue weighted by atomic mass is 16.5. The molecule has 1 atom stereocenters. The van der Waals surface area contributed by atoms with Gasteiger partial charge in [0.25, 0.3) is 0 Å². The second kappa shape index (κ2) is 17.4. The largest absolute Gasteiger partial charge is 0.457 e. The van der Waals surface area contributed by atoms with Crippen LogP contribution in [0, 0.1) is 6.92 Å². The fourth-order valence-electron chi connectivity index (χ4n) is 10.9. The van der Waals surface area contributed by atoms with Crippen LogP contribution in [-0.4, -0.2) is 4.57 Å². The first-order valence-electron chi connectivity index (χ1n) is 24.6. The van der Waals surface area contributed by atoms with Gasteiger partial charge in [-0.3, -0.25) is 0 Å². The molecule has 1 aromatic heterocycles. The Kier molecular flexibility index (Phi) is 10.7. The zero-order valence-corrected chi connectivity index (χ0v) is 40.6. The minimum Gasteiger partial charge on any atom is -0.457 e. The Hall–Kier alpha value is -8.66. The summed E-state index contributed by atoms with van der Waals surface area (Å²) in [6.45, 7) is 12.9. The minimum absolute atomic E-state index is 0.00679. The van der Waals surface area contributed by atoms with Crippen LogP contribution in [0.15, 0.2) is 243 Å². The molecule has 0 saturated carbocycles. The van der Waals surface area contributed by atoms with Gasteiger partial charge in [0.2, 0.25) is 0 Å². The lowest BCUT2D eigenvalue weighted by atomic mass is 9.67. The van der Waals surface area contributed by atoms with Crippen LogP contribution < -0.4 is 9.64 Å². The normalized spacial score (nSPS) is 14.0. The molecule has 342 valence electrons. The number of ether oxygens (including phenoxy) is 1. The van der Waals surface area contributed by atoms with E-state index >= 15 is 0 Å². The number of nitrogens with zero attached hydrogens (tertiary/aromatic N) is 2. The number of anilines is 3. The van der Waals surface area contributed by atoms with Crippen molar-refractivity contribution in [2.24, 2.45) is 0 Å². The summed E-state index contributed by atoms with van der Waals surface area (Å²) in [4.78, 5) is 2.41. The van der Waals surface area contributed by atoms with Crippen LogP contribution in [0.2, 0.25) is 0 Å². The van der Waals surface area contributed by atoms with E-state index in [-0.39, 0.29) is 5.41 Å². The molecule has 0 saturated heterocycles. The maximum atomic E-state index is 6.43.